The number of hydrogen-bond acceptors (Lipinski definition) is 7. The first-order chi connectivity index (χ1) is 9.87. The monoisotopic (exact) mass is 294 g/mol. The minimum absolute atomic E-state index is 0.138. The molecule has 0 spiro atoms. The van der Waals surface area contributed by atoms with Gasteiger partial charge in [0, 0.05) is 11.1 Å². The fourth-order valence-electron chi connectivity index (χ4n) is 2.09. The first-order valence-electron chi connectivity index (χ1n) is 6.06. The van der Waals surface area contributed by atoms with Crippen molar-refractivity contribution in [3.8, 4) is 11.5 Å². The van der Waals surface area contributed by atoms with Crippen molar-refractivity contribution in [3.05, 3.63) is 23.3 Å². The molecule has 1 aromatic carbocycles. The summed E-state index contributed by atoms with van der Waals surface area (Å²) in [6.45, 7) is 3.03. The Hall–Kier alpha value is -2.57. The lowest BCUT2D eigenvalue weighted by atomic mass is 10.0. The van der Waals surface area contributed by atoms with E-state index in [0.29, 0.717) is 11.1 Å². The molecule has 0 saturated heterocycles. The minimum Gasteiger partial charge on any atom is -0.463 e. The molecule has 0 aliphatic carbocycles. The first-order valence-corrected chi connectivity index (χ1v) is 6.06. The van der Waals surface area contributed by atoms with Gasteiger partial charge in [0.2, 0.25) is 0 Å². The molecule has 21 heavy (non-hydrogen) atoms. The predicted molar refractivity (Wildman–Crippen MR) is 69.2 cm³/mol. The number of carbonyl (C=O) groups excluding carboxylic acids is 3. The third-order valence-corrected chi connectivity index (χ3v) is 3.16. The highest BCUT2D eigenvalue weighted by Gasteiger charge is 2.59. The van der Waals surface area contributed by atoms with Crippen LogP contribution in [-0.2, 0) is 19.1 Å². The fraction of sp³-hybridized carbons (Fsp3) is 0.357. The van der Waals surface area contributed by atoms with Gasteiger partial charge in [-0.25, -0.2) is 9.59 Å². The molecule has 7 heteroatoms. The topological polar surface area (TPSA) is 88.1 Å². The second-order valence-corrected chi connectivity index (χ2v) is 4.43. The highest BCUT2D eigenvalue weighted by molar-refractivity contribution is 6.04. The summed E-state index contributed by atoms with van der Waals surface area (Å²) in [5, 5.41) is 0. The Kier molecular flexibility index (Phi) is 3.59. The molecule has 112 valence electrons. The third-order valence-electron chi connectivity index (χ3n) is 3.16. The molecule has 0 atom stereocenters. The Morgan fingerprint density at radius 1 is 1.05 bits per heavy atom. The smallest absolute Gasteiger partial charge is 0.453 e. The number of ketones is 1. The Morgan fingerprint density at radius 2 is 1.62 bits per heavy atom. The van der Waals surface area contributed by atoms with Crippen molar-refractivity contribution in [2.45, 2.75) is 19.6 Å². The average molecular weight is 294 g/mol. The van der Waals surface area contributed by atoms with Crippen LogP contribution < -0.4 is 9.47 Å². The van der Waals surface area contributed by atoms with Gasteiger partial charge in [-0.15, -0.1) is 0 Å². The Bertz CT molecular complexity index is 616. The van der Waals surface area contributed by atoms with Gasteiger partial charge >= 0.3 is 17.7 Å². The zero-order valence-electron chi connectivity index (χ0n) is 12.0. The summed E-state index contributed by atoms with van der Waals surface area (Å²) in [6.07, 6.45) is 0. The van der Waals surface area contributed by atoms with Crippen LogP contribution in [0.3, 0.4) is 0 Å². The van der Waals surface area contributed by atoms with E-state index < -0.39 is 17.7 Å². The first kappa shape index (κ1) is 14.8. The van der Waals surface area contributed by atoms with Crippen LogP contribution >= 0.6 is 0 Å². The Balaban J connectivity index is 2.54. The van der Waals surface area contributed by atoms with Crippen LogP contribution in [0, 0.1) is 6.92 Å². The van der Waals surface area contributed by atoms with Crippen LogP contribution in [0.15, 0.2) is 12.1 Å². The van der Waals surface area contributed by atoms with Crippen LogP contribution in [0.4, 0.5) is 0 Å². The van der Waals surface area contributed by atoms with Crippen molar-refractivity contribution in [3.63, 3.8) is 0 Å². The number of esters is 2. The second kappa shape index (κ2) is 5.08. The number of methoxy groups -OCH3 is 2. The Morgan fingerprint density at radius 3 is 2.10 bits per heavy atom. The molecule has 0 unspecified atom stereocenters. The molecule has 0 fully saturated rings. The van der Waals surface area contributed by atoms with Gasteiger partial charge in [-0.2, -0.15) is 0 Å². The van der Waals surface area contributed by atoms with Gasteiger partial charge in [-0.1, -0.05) is 0 Å². The molecule has 0 saturated carbocycles. The van der Waals surface area contributed by atoms with Gasteiger partial charge in [0.15, 0.2) is 17.3 Å². The predicted octanol–water partition coefficient (Wildman–Crippen LogP) is 1.01. The normalized spacial score (nSPS) is 14.5. The lowest BCUT2D eigenvalue weighted by molar-refractivity contribution is -0.199. The maximum absolute atomic E-state index is 11.9. The molecule has 0 amide bonds. The van der Waals surface area contributed by atoms with Gasteiger partial charge in [-0.3, -0.25) is 4.79 Å². The van der Waals surface area contributed by atoms with E-state index in [2.05, 4.69) is 9.47 Å². The molecule has 2 rings (SSSR count). The molecule has 1 heterocycles. The quantitative estimate of drug-likeness (QED) is 0.467. The molecule has 1 aliphatic heterocycles. The largest absolute Gasteiger partial charge is 0.463 e. The second-order valence-electron chi connectivity index (χ2n) is 4.43. The number of carbonyl (C=O) groups is 3. The van der Waals surface area contributed by atoms with E-state index in [4.69, 9.17) is 9.47 Å². The molecular weight excluding hydrogens is 280 g/mol. The van der Waals surface area contributed by atoms with E-state index in [-0.39, 0.29) is 17.3 Å². The highest BCUT2D eigenvalue weighted by atomic mass is 16.8. The van der Waals surface area contributed by atoms with Crippen LogP contribution in [0.1, 0.15) is 22.8 Å². The summed E-state index contributed by atoms with van der Waals surface area (Å²) in [7, 11) is 2.19. The summed E-state index contributed by atoms with van der Waals surface area (Å²) in [4.78, 5) is 35.3. The van der Waals surface area contributed by atoms with Crippen molar-refractivity contribution in [2.24, 2.45) is 0 Å². The SMILES string of the molecule is COC(=O)C1(C(=O)OC)Oc2ccc(C(C)=O)c(C)c2O1. The summed E-state index contributed by atoms with van der Waals surface area (Å²) < 4.78 is 19.8. The third kappa shape index (κ3) is 2.10. The maximum Gasteiger partial charge on any atom is 0.453 e. The maximum atomic E-state index is 11.9. The zero-order chi connectivity index (χ0) is 15.8. The van der Waals surface area contributed by atoms with Crippen molar-refractivity contribution in [1.29, 1.82) is 0 Å². The number of hydrogen-bond donors (Lipinski definition) is 0. The van der Waals surface area contributed by atoms with Crippen molar-refractivity contribution >= 4 is 17.7 Å². The molecule has 1 aliphatic rings. The summed E-state index contributed by atoms with van der Waals surface area (Å²) in [6, 6.07) is 2.98. The fourth-order valence-corrected chi connectivity index (χ4v) is 2.09. The standard InChI is InChI=1S/C14H14O7/c1-7-9(8(2)15)5-6-10-11(7)21-14(20-10,12(16)18-3)13(17)19-4/h5-6H,1-4H3. The Labute approximate surface area is 120 Å². The molecular formula is C14H14O7. The summed E-state index contributed by atoms with van der Waals surface area (Å²) in [5.41, 5.74) is 0.873. The lowest BCUT2D eigenvalue weighted by Gasteiger charge is -2.21. The van der Waals surface area contributed by atoms with Crippen molar-refractivity contribution in [1.82, 2.24) is 0 Å². The molecule has 0 bridgehead atoms. The molecule has 7 nitrogen and oxygen atoms in total. The molecule has 0 N–H and O–H groups in total. The molecule has 0 radical (unpaired) electrons. The minimum atomic E-state index is -2.34. The number of Topliss-reactive ketones (excluding diaryl/α,β-unsaturated/α-hetero) is 1. The van der Waals surface area contributed by atoms with Gasteiger partial charge in [0.05, 0.1) is 14.2 Å². The van der Waals surface area contributed by atoms with Crippen LogP contribution in [0.25, 0.3) is 0 Å². The van der Waals surface area contributed by atoms with Crippen LogP contribution in [-0.4, -0.2) is 37.7 Å². The summed E-state index contributed by atoms with van der Waals surface area (Å²) >= 11 is 0. The van der Waals surface area contributed by atoms with E-state index in [1.54, 1.807) is 6.92 Å². The van der Waals surface area contributed by atoms with E-state index in [1.165, 1.54) is 19.1 Å². The zero-order valence-corrected chi connectivity index (χ0v) is 12.0. The van der Waals surface area contributed by atoms with Gasteiger partial charge in [0.1, 0.15) is 0 Å². The van der Waals surface area contributed by atoms with Crippen LogP contribution in [0.5, 0.6) is 11.5 Å². The number of rotatable bonds is 3. The number of benzene rings is 1. The van der Waals surface area contributed by atoms with E-state index in [1.807, 2.05) is 0 Å². The molecule has 1 aromatic rings. The lowest BCUT2D eigenvalue weighted by Crippen LogP contribution is -2.55. The van der Waals surface area contributed by atoms with Gasteiger partial charge < -0.3 is 18.9 Å². The number of fused-ring (bicyclic) bond motifs is 1. The van der Waals surface area contributed by atoms with Crippen LogP contribution in [0.2, 0.25) is 0 Å². The average Bonchev–Trinajstić information content (AvgIpc) is 2.87. The van der Waals surface area contributed by atoms with E-state index >= 15 is 0 Å². The summed E-state index contributed by atoms with van der Waals surface area (Å²) in [5.74, 6) is -4.31. The van der Waals surface area contributed by atoms with Crippen molar-refractivity contribution < 1.29 is 33.3 Å². The highest BCUT2D eigenvalue weighted by Crippen LogP contribution is 2.44. The van der Waals surface area contributed by atoms with Gasteiger partial charge in [0.25, 0.3) is 0 Å². The van der Waals surface area contributed by atoms with Gasteiger partial charge in [-0.05, 0) is 26.0 Å². The van der Waals surface area contributed by atoms with E-state index in [9.17, 15) is 14.4 Å². The van der Waals surface area contributed by atoms with E-state index in [0.717, 1.165) is 14.2 Å². The number of ether oxygens (including phenoxy) is 4. The van der Waals surface area contributed by atoms with Crippen molar-refractivity contribution in [2.75, 3.05) is 14.2 Å². The molecule has 0 aromatic heterocycles.